The number of aliphatic carboxylic acids is 1. The summed E-state index contributed by atoms with van der Waals surface area (Å²) in [6.45, 7) is 2.25. The van der Waals surface area contributed by atoms with Crippen molar-refractivity contribution in [3.05, 3.63) is 12.2 Å². The van der Waals surface area contributed by atoms with Crippen molar-refractivity contribution < 1.29 is 53.8 Å². The summed E-state index contributed by atoms with van der Waals surface area (Å²) in [5, 5.41) is 10.1. The van der Waals surface area contributed by atoms with Gasteiger partial charge in [-0.1, -0.05) is 96.8 Å². The smallest absolute Gasteiger partial charge is 0.545 e. The summed E-state index contributed by atoms with van der Waals surface area (Å²) in [7, 11) is 0. The number of carbonyl (C=O) groups excluding carboxylic acids is 3. The number of hydrogen-bond donors (Lipinski definition) is 0. The second-order valence-electron chi connectivity index (χ2n) is 7.15. The Morgan fingerprint density at radius 3 is 1.46 bits per heavy atom. The normalized spacial score (nSPS) is 10.6. The average molecular weight is 405 g/mol. The molecule has 0 unspecified atom stereocenters. The minimum Gasteiger partial charge on any atom is -0.545 e. The fourth-order valence-electron chi connectivity index (χ4n) is 2.97. The van der Waals surface area contributed by atoms with E-state index in [1.165, 1.54) is 77.0 Å². The van der Waals surface area contributed by atoms with Gasteiger partial charge in [0.1, 0.15) is 0 Å². The number of unbranched alkanes of at least 4 members (excludes halogenated alkanes) is 14. The Morgan fingerprint density at radius 1 is 0.679 bits per heavy atom. The first-order valence-electron chi connectivity index (χ1n) is 10.7. The number of carboxylic acid groups (broad SMARTS) is 1. The van der Waals surface area contributed by atoms with Gasteiger partial charge in [-0.2, -0.15) is 0 Å². The zero-order valence-electron chi connectivity index (χ0n) is 18.0. The maximum Gasteiger partial charge on any atom is 1.00 e. The molecule has 0 atom stereocenters. The molecule has 0 rings (SSSR count). The molecule has 0 radical (unpaired) electrons. The molecule has 28 heavy (non-hydrogen) atoms. The van der Waals surface area contributed by atoms with Crippen molar-refractivity contribution >= 4 is 17.9 Å². The Balaban J connectivity index is 0. The van der Waals surface area contributed by atoms with E-state index in [0.29, 0.717) is 18.6 Å². The number of ether oxygens (including phenoxy) is 1. The van der Waals surface area contributed by atoms with E-state index in [1.807, 2.05) is 0 Å². The van der Waals surface area contributed by atoms with Crippen LogP contribution in [0.15, 0.2) is 12.2 Å². The van der Waals surface area contributed by atoms with Gasteiger partial charge in [-0.3, -0.25) is 4.79 Å². The van der Waals surface area contributed by atoms with Gasteiger partial charge in [-0.05, 0) is 12.5 Å². The van der Waals surface area contributed by atoms with Gasteiger partial charge in [0.05, 0.1) is 5.97 Å². The minimum atomic E-state index is -1.50. The van der Waals surface area contributed by atoms with Gasteiger partial charge in [0.15, 0.2) is 0 Å². The van der Waals surface area contributed by atoms with Crippen molar-refractivity contribution in [3.63, 3.8) is 0 Å². The fourth-order valence-corrected chi connectivity index (χ4v) is 2.97. The van der Waals surface area contributed by atoms with E-state index in [-0.39, 0.29) is 36.0 Å². The van der Waals surface area contributed by atoms with Crippen LogP contribution in [0.3, 0.4) is 0 Å². The third-order valence-corrected chi connectivity index (χ3v) is 4.55. The summed E-state index contributed by atoms with van der Waals surface area (Å²) in [5.41, 5.74) is 0. The van der Waals surface area contributed by atoms with Gasteiger partial charge in [0.2, 0.25) is 0 Å². The molecule has 0 aliphatic carbocycles. The van der Waals surface area contributed by atoms with E-state index in [0.717, 1.165) is 12.8 Å². The molecular weight excluding hydrogens is 367 g/mol. The Kier molecular flexibility index (Phi) is 23.9. The Morgan fingerprint density at radius 2 is 1.07 bits per heavy atom. The van der Waals surface area contributed by atoms with Crippen molar-refractivity contribution in [2.75, 3.05) is 0 Å². The SMILES string of the molecule is CCCCCCCCCCCCCCCCCC(=O)OC(=O)/C=C\C(=O)[O-].[Na+]. The average Bonchev–Trinajstić information content (AvgIpc) is 2.63. The molecule has 0 spiro atoms. The van der Waals surface area contributed by atoms with E-state index in [9.17, 15) is 19.5 Å². The van der Waals surface area contributed by atoms with Crippen molar-refractivity contribution in [3.8, 4) is 0 Å². The summed E-state index contributed by atoms with van der Waals surface area (Å²) in [6.07, 6.45) is 20.1. The first-order chi connectivity index (χ1) is 13.1. The molecule has 0 aliphatic rings. The van der Waals surface area contributed by atoms with Crippen molar-refractivity contribution in [1.29, 1.82) is 0 Å². The van der Waals surface area contributed by atoms with Crippen LogP contribution in [0.5, 0.6) is 0 Å². The molecule has 0 heterocycles. The summed E-state index contributed by atoms with van der Waals surface area (Å²) in [6, 6.07) is 0. The second kappa shape index (κ2) is 22.6. The Hall–Kier alpha value is -0.650. The number of rotatable bonds is 18. The third-order valence-electron chi connectivity index (χ3n) is 4.55. The van der Waals surface area contributed by atoms with Crippen LogP contribution in [0, 0.1) is 0 Å². The first kappa shape index (κ1) is 29.6. The molecule has 0 aromatic heterocycles. The predicted molar refractivity (Wildman–Crippen MR) is 105 cm³/mol. The van der Waals surface area contributed by atoms with E-state index in [1.54, 1.807) is 0 Å². The van der Waals surface area contributed by atoms with Gasteiger partial charge in [0, 0.05) is 12.5 Å². The Bertz CT molecular complexity index is 435. The van der Waals surface area contributed by atoms with Gasteiger partial charge in [-0.25, -0.2) is 4.79 Å². The van der Waals surface area contributed by atoms with Crippen LogP contribution in [0.2, 0.25) is 0 Å². The molecule has 156 valence electrons. The maximum absolute atomic E-state index is 11.4. The molecule has 0 amide bonds. The Labute approximate surface area is 193 Å². The standard InChI is InChI=1S/C22H38O5.Na/c1-2-3-4-5-6-7-8-9-10-11-12-13-14-15-16-17-21(25)27-22(26)19-18-20(23)24;/h18-19H,2-17H2,1H3,(H,23,24);/q;+1/p-1/b19-18-;. The van der Waals surface area contributed by atoms with Gasteiger partial charge < -0.3 is 14.6 Å². The molecule has 0 bridgehead atoms. The molecular formula is C22H37NaO5. The van der Waals surface area contributed by atoms with Crippen LogP contribution in [0.25, 0.3) is 0 Å². The van der Waals surface area contributed by atoms with E-state index in [4.69, 9.17) is 0 Å². The van der Waals surface area contributed by atoms with Crippen molar-refractivity contribution in [1.82, 2.24) is 0 Å². The van der Waals surface area contributed by atoms with E-state index < -0.39 is 17.9 Å². The van der Waals surface area contributed by atoms with E-state index >= 15 is 0 Å². The van der Waals surface area contributed by atoms with Crippen LogP contribution in [-0.2, 0) is 19.1 Å². The van der Waals surface area contributed by atoms with Crippen LogP contribution in [-0.4, -0.2) is 17.9 Å². The zero-order valence-corrected chi connectivity index (χ0v) is 20.0. The van der Waals surface area contributed by atoms with Crippen LogP contribution in [0.4, 0.5) is 0 Å². The first-order valence-corrected chi connectivity index (χ1v) is 10.7. The van der Waals surface area contributed by atoms with Gasteiger partial charge in [0.25, 0.3) is 0 Å². The molecule has 0 aromatic carbocycles. The molecule has 0 aromatic rings. The number of carbonyl (C=O) groups is 3. The predicted octanol–water partition coefficient (Wildman–Crippen LogP) is 1.63. The largest absolute Gasteiger partial charge is 1.00 e. The molecule has 6 heteroatoms. The van der Waals surface area contributed by atoms with Gasteiger partial charge in [-0.15, -0.1) is 0 Å². The maximum atomic E-state index is 11.4. The number of carboxylic acids is 1. The molecule has 0 aliphatic heterocycles. The van der Waals surface area contributed by atoms with Crippen LogP contribution >= 0.6 is 0 Å². The van der Waals surface area contributed by atoms with Gasteiger partial charge >= 0.3 is 41.5 Å². The summed E-state index contributed by atoms with van der Waals surface area (Å²) < 4.78 is 4.46. The molecule has 5 nitrogen and oxygen atoms in total. The molecule has 0 N–H and O–H groups in total. The summed E-state index contributed by atoms with van der Waals surface area (Å²) in [4.78, 5) is 32.6. The number of hydrogen-bond acceptors (Lipinski definition) is 5. The summed E-state index contributed by atoms with van der Waals surface area (Å²) >= 11 is 0. The van der Waals surface area contributed by atoms with E-state index in [2.05, 4.69) is 11.7 Å². The van der Waals surface area contributed by atoms with Crippen molar-refractivity contribution in [2.24, 2.45) is 0 Å². The topological polar surface area (TPSA) is 83.5 Å². The van der Waals surface area contributed by atoms with Crippen molar-refractivity contribution in [2.45, 2.75) is 110 Å². The minimum absolute atomic E-state index is 0. The molecule has 0 fully saturated rings. The summed E-state index contributed by atoms with van der Waals surface area (Å²) in [5.74, 6) is -3.08. The molecule has 0 saturated carbocycles. The third kappa shape index (κ3) is 23.4. The fraction of sp³-hybridized carbons (Fsp3) is 0.773. The zero-order chi connectivity index (χ0) is 20.2. The van der Waals surface area contributed by atoms with Crippen LogP contribution < -0.4 is 34.7 Å². The number of esters is 2. The van der Waals surface area contributed by atoms with Crippen LogP contribution in [0.1, 0.15) is 110 Å². The second-order valence-corrected chi connectivity index (χ2v) is 7.15. The monoisotopic (exact) mass is 404 g/mol. The quantitative estimate of drug-likeness (QED) is 0.114. The molecule has 0 saturated heterocycles.